The van der Waals surface area contributed by atoms with E-state index in [0.717, 1.165) is 30.5 Å². The molecule has 1 aliphatic rings. The van der Waals surface area contributed by atoms with Gasteiger partial charge in [0.05, 0.1) is 5.69 Å². The summed E-state index contributed by atoms with van der Waals surface area (Å²) in [6, 6.07) is 0. The molecule has 1 heterocycles. The van der Waals surface area contributed by atoms with Crippen LogP contribution in [-0.4, -0.2) is 28.3 Å². The second kappa shape index (κ2) is 7.07. The van der Waals surface area contributed by atoms with Gasteiger partial charge in [0.15, 0.2) is 0 Å². The van der Waals surface area contributed by atoms with Crippen LogP contribution in [0.15, 0.2) is 6.20 Å². The van der Waals surface area contributed by atoms with Crippen molar-refractivity contribution in [2.75, 3.05) is 7.05 Å². The normalized spacial score (nSPS) is 17.7. The summed E-state index contributed by atoms with van der Waals surface area (Å²) in [5.41, 5.74) is 2.19. The predicted octanol–water partition coefficient (Wildman–Crippen LogP) is 1.91. The average Bonchev–Trinajstić information content (AvgIpc) is 2.86. The van der Waals surface area contributed by atoms with Crippen molar-refractivity contribution in [1.82, 2.24) is 20.4 Å². The van der Waals surface area contributed by atoms with Gasteiger partial charge in [-0.05, 0) is 26.3 Å². The number of rotatable bonds is 6. The van der Waals surface area contributed by atoms with Gasteiger partial charge in [-0.2, -0.15) is 5.10 Å². The van der Waals surface area contributed by atoms with Crippen molar-refractivity contribution < 1.29 is 4.79 Å². The van der Waals surface area contributed by atoms with E-state index in [1.807, 2.05) is 25.0 Å². The van der Waals surface area contributed by atoms with Crippen molar-refractivity contribution in [3.8, 4) is 0 Å². The van der Waals surface area contributed by atoms with Crippen LogP contribution in [0.5, 0.6) is 0 Å². The third kappa shape index (κ3) is 4.06. The van der Waals surface area contributed by atoms with E-state index in [9.17, 15) is 4.79 Å². The minimum atomic E-state index is 0.00482. The molecule has 0 spiro atoms. The number of hydrogen-bond acceptors (Lipinski definition) is 3. The molecule has 21 heavy (non-hydrogen) atoms. The Hall–Kier alpha value is -1.36. The molecular weight excluding hydrogens is 264 g/mol. The third-order valence-electron chi connectivity index (χ3n) is 4.64. The van der Waals surface area contributed by atoms with Gasteiger partial charge < -0.3 is 10.6 Å². The van der Waals surface area contributed by atoms with Crippen molar-refractivity contribution in [2.45, 2.75) is 64.0 Å². The molecule has 1 aromatic heterocycles. The summed E-state index contributed by atoms with van der Waals surface area (Å²) in [5.74, 6) is 0.136. The second-order valence-corrected chi connectivity index (χ2v) is 6.17. The Kier molecular flexibility index (Phi) is 5.39. The molecule has 5 nitrogen and oxygen atoms in total. The van der Waals surface area contributed by atoms with Gasteiger partial charge in [-0.1, -0.05) is 26.2 Å². The molecule has 0 saturated heterocycles. The number of hydrogen-bond donors (Lipinski definition) is 2. The zero-order valence-electron chi connectivity index (χ0n) is 13.5. The Labute approximate surface area is 127 Å². The van der Waals surface area contributed by atoms with Crippen LogP contribution >= 0.6 is 0 Å². The van der Waals surface area contributed by atoms with Gasteiger partial charge in [0.25, 0.3) is 0 Å². The summed E-state index contributed by atoms with van der Waals surface area (Å²) < 4.78 is 1.82. The molecule has 0 radical (unpaired) electrons. The number of nitrogens with zero attached hydrogens (tertiary/aromatic N) is 2. The third-order valence-corrected chi connectivity index (χ3v) is 4.64. The lowest BCUT2D eigenvalue weighted by molar-refractivity contribution is -0.123. The maximum Gasteiger partial charge on any atom is 0.222 e. The molecular formula is C16H28N4O. The monoisotopic (exact) mass is 292 g/mol. The number of aromatic nitrogens is 2. The van der Waals surface area contributed by atoms with Gasteiger partial charge in [0.2, 0.25) is 5.91 Å². The van der Waals surface area contributed by atoms with Crippen LogP contribution in [0, 0.1) is 0 Å². The van der Waals surface area contributed by atoms with Gasteiger partial charge in [-0.15, -0.1) is 0 Å². The first-order chi connectivity index (χ1) is 10.1. The highest BCUT2D eigenvalue weighted by atomic mass is 16.1. The minimum absolute atomic E-state index is 0.00482. The zero-order chi connectivity index (χ0) is 15.3. The number of aryl methyl sites for hydroxylation is 2. The van der Waals surface area contributed by atoms with Crippen LogP contribution in [0.3, 0.4) is 0 Å². The summed E-state index contributed by atoms with van der Waals surface area (Å²) in [6.45, 7) is 2.67. The highest BCUT2D eigenvalue weighted by Gasteiger charge is 2.32. The smallest absolute Gasteiger partial charge is 0.222 e. The van der Waals surface area contributed by atoms with Crippen molar-refractivity contribution in [2.24, 2.45) is 7.05 Å². The Bertz CT molecular complexity index is 475. The van der Waals surface area contributed by atoms with E-state index in [4.69, 9.17) is 0 Å². The maximum absolute atomic E-state index is 12.3. The standard InChI is InChI=1S/C16H28N4O/c1-4-14-13(12-20(3)19-14)11-18-15(21)10-16(17-2)8-6-5-7-9-16/h12,17H,4-11H2,1-3H3,(H,18,21). The highest BCUT2D eigenvalue weighted by Crippen LogP contribution is 2.30. The molecule has 2 N–H and O–H groups in total. The van der Waals surface area contributed by atoms with Crippen molar-refractivity contribution >= 4 is 5.91 Å². The van der Waals surface area contributed by atoms with Crippen molar-refractivity contribution in [3.05, 3.63) is 17.5 Å². The Morgan fingerprint density at radius 2 is 2.10 bits per heavy atom. The molecule has 0 unspecified atom stereocenters. The molecule has 0 aromatic carbocycles. The van der Waals surface area contributed by atoms with E-state index in [1.54, 1.807) is 0 Å². The summed E-state index contributed by atoms with van der Waals surface area (Å²) in [7, 11) is 3.90. The first kappa shape index (κ1) is 16.0. The molecule has 0 bridgehead atoms. The van der Waals surface area contributed by atoms with Gasteiger partial charge in [0.1, 0.15) is 0 Å². The van der Waals surface area contributed by atoms with Gasteiger partial charge in [-0.25, -0.2) is 0 Å². The molecule has 118 valence electrons. The molecule has 1 fully saturated rings. The average molecular weight is 292 g/mol. The molecule has 2 rings (SSSR count). The molecule has 1 aromatic rings. The maximum atomic E-state index is 12.3. The SMILES string of the molecule is CCc1nn(C)cc1CNC(=O)CC1(NC)CCCCC1. The largest absolute Gasteiger partial charge is 0.352 e. The van der Waals surface area contributed by atoms with Crippen LogP contribution < -0.4 is 10.6 Å². The number of amides is 1. The summed E-state index contributed by atoms with van der Waals surface area (Å²) in [4.78, 5) is 12.3. The Balaban J connectivity index is 1.89. The fourth-order valence-electron chi connectivity index (χ4n) is 3.34. The number of nitrogens with one attached hydrogen (secondary N) is 2. The number of carbonyl (C=O) groups is 1. The fraction of sp³-hybridized carbons (Fsp3) is 0.750. The number of carbonyl (C=O) groups excluding carboxylic acids is 1. The van der Waals surface area contributed by atoms with Crippen molar-refractivity contribution in [1.29, 1.82) is 0 Å². The summed E-state index contributed by atoms with van der Waals surface area (Å²) in [5, 5.41) is 10.9. The van der Waals surface area contributed by atoms with E-state index in [2.05, 4.69) is 22.7 Å². The van der Waals surface area contributed by atoms with Gasteiger partial charge >= 0.3 is 0 Å². The molecule has 5 heteroatoms. The Morgan fingerprint density at radius 1 is 1.38 bits per heavy atom. The zero-order valence-corrected chi connectivity index (χ0v) is 13.5. The Morgan fingerprint density at radius 3 is 2.71 bits per heavy atom. The molecule has 0 atom stereocenters. The van der Waals surface area contributed by atoms with Crippen molar-refractivity contribution in [3.63, 3.8) is 0 Å². The topological polar surface area (TPSA) is 59.0 Å². The van der Waals surface area contributed by atoms with Crippen LogP contribution in [0.2, 0.25) is 0 Å². The molecule has 1 aliphatic carbocycles. The lowest BCUT2D eigenvalue weighted by atomic mass is 9.79. The van der Waals surface area contributed by atoms with E-state index in [1.165, 1.54) is 19.3 Å². The van der Waals surface area contributed by atoms with E-state index in [0.29, 0.717) is 13.0 Å². The summed E-state index contributed by atoms with van der Waals surface area (Å²) >= 11 is 0. The van der Waals surface area contributed by atoms with E-state index in [-0.39, 0.29) is 11.4 Å². The first-order valence-electron chi connectivity index (χ1n) is 8.05. The molecule has 0 aliphatic heterocycles. The molecule has 1 saturated carbocycles. The second-order valence-electron chi connectivity index (χ2n) is 6.17. The van der Waals surface area contributed by atoms with Gasteiger partial charge in [-0.3, -0.25) is 9.48 Å². The molecule has 1 amide bonds. The lowest BCUT2D eigenvalue weighted by Crippen LogP contribution is -2.48. The van der Waals surface area contributed by atoms with Crippen LogP contribution in [0.1, 0.15) is 56.7 Å². The van der Waals surface area contributed by atoms with E-state index >= 15 is 0 Å². The summed E-state index contributed by atoms with van der Waals surface area (Å²) in [6.07, 6.45) is 9.40. The van der Waals surface area contributed by atoms with E-state index < -0.39 is 0 Å². The van der Waals surface area contributed by atoms with Gasteiger partial charge in [0, 0.05) is 37.3 Å². The first-order valence-corrected chi connectivity index (χ1v) is 8.05. The lowest BCUT2D eigenvalue weighted by Gasteiger charge is -2.36. The highest BCUT2D eigenvalue weighted by molar-refractivity contribution is 5.77. The quantitative estimate of drug-likeness (QED) is 0.842. The van der Waals surface area contributed by atoms with Crippen LogP contribution in [0.25, 0.3) is 0 Å². The van der Waals surface area contributed by atoms with Crippen LogP contribution in [0.4, 0.5) is 0 Å². The fourth-order valence-corrected chi connectivity index (χ4v) is 3.34. The minimum Gasteiger partial charge on any atom is -0.352 e. The van der Waals surface area contributed by atoms with Crippen LogP contribution in [-0.2, 0) is 24.8 Å². The predicted molar refractivity (Wildman–Crippen MR) is 83.9 cm³/mol.